The molecule has 0 radical (unpaired) electrons. The van der Waals surface area contributed by atoms with Gasteiger partial charge in [0.2, 0.25) is 5.91 Å². The maximum absolute atomic E-state index is 13.0. The molecule has 136 valence electrons. The van der Waals surface area contributed by atoms with Crippen LogP contribution in [-0.4, -0.2) is 47.9 Å². The van der Waals surface area contributed by atoms with E-state index in [2.05, 4.69) is 25.5 Å². The highest BCUT2D eigenvalue weighted by atomic mass is 19.4. The van der Waals surface area contributed by atoms with Crippen molar-refractivity contribution in [2.75, 3.05) is 16.8 Å². The van der Waals surface area contributed by atoms with Crippen LogP contribution in [0.2, 0.25) is 0 Å². The van der Waals surface area contributed by atoms with Crippen molar-refractivity contribution in [1.82, 2.24) is 29.4 Å². The first-order valence-corrected chi connectivity index (χ1v) is 7.67. The fourth-order valence-electron chi connectivity index (χ4n) is 2.86. The third-order valence-electron chi connectivity index (χ3n) is 4.07. The molecule has 1 aliphatic rings. The first-order valence-electron chi connectivity index (χ1n) is 7.67. The molecule has 1 N–H and O–H groups in total. The summed E-state index contributed by atoms with van der Waals surface area (Å²) < 4.78 is 41.8. The number of carbonyl (C=O) groups is 1. The number of hydrogen-bond donors (Lipinski definition) is 1. The second-order valence-electron chi connectivity index (χ2n) is 5.84. The van der Waals surface area contributed by atoms with Gasteiger partial charge in [-0.2, -0.15) is 32.9 Å². The number of nitrogens with zero attached hydrogens (tertiary/aromatic N) is 7. The Balaban J connectivity index is 1.63. The van der Waals surface area contributed by atoms with Gasteiger partial charge in [-0.3, -0.25) is 9.48 Å². The predicted molar refractivity (Wildman–Crippen MR) is 83.4 cm³/mol. The molecule has 0 spiro atoms. The highest BCUT2D eigenvalue weighted by molar-refractivity contribution is 6.00. The Morgan fingerprint density at radius 1 is 1.31 bits per heavy atom. The van der Waals surface area contributed by atoms with E-state index in [0.29, 0.717) is 18.7 Å². The Hall–Kier alpha value is -3.18. The smallest absolute Gasteiger partial charge is 0.358 e. The zero-order valence-electron chi connectivity index (χ0n) is 13.5. The lowest BCUT2D eigenvalue weighted by Crippen LogP contribution is -2.34. The molecule has 3 aromatic heterocycles. The van der Waals surface area contributed by atoms with Crippen molar-refractivity contribution in [2.45, 2.75) is 18.6 Å². The van der Waals surface area contributed by atoms with Crippen LogP contribution in [0.1, 0.15) is 12.1 Å². The quantitative estimate of drug-likeness (QED) is 0.746. The van der Waals surface area contributed by atoms with Gasteiger partial charge in [0, 0.05) is 25.9 Å². The summed E-state index contributed by atoms with van der Waals surface area (Å²) in [5, 5.41) is 10.7. The third kappa shape index (κ3) is 2.72. The molecule has 0 saturated carbocycles. The van der Waals surface area contributed by atoms with Crippen molar-refractivity contribution in [2.24, 2.45) is 7.05 Å². The van der Waals surface area contributed by atoms with Crippen LogP contribution >= 0.6 is 0 Å². The summed E-state index contributed by atoms with van der Waals surface area (Å²) in [5.74, 6) is -0.445. The number of amides is 1. The SMILES string of the molecule is Cn1cc(N2CCC(Nc3cc(C(F)(F)F)nc4ncnn34)C2=O)cn1. The number of carbonyl (C=O) groups excluding carboxylic acids is 1. The maximum atomic E-state index is 13.0. The summed E-state index contributed by atoms with van der Waals surface area (Å²) in [6, 6.07) is 0.132. The summed E-state index contributed by atoms with van der Waals surface area (Å²) in [6.07, 6.45) is 0.152. The summed E-state index contributed by atoms with van der Waals surface area (Å²) in [5.41, 5.74) is -0.464. The number of aryl methyl sites for hydroxylation is 1. The van der Waals surface area contributed by atoms with Crippen molar-refractivity contribution in [3.8, 4) is 0 Å². The van der Waals surface area contributed by atoms with E-state index in [4.69, 9.17) is 0 Å². The number of rotatable bonds is 3. The summed E-state index contributed by atoms with van der Waals surface area (Å²) >= 11 is 0. The molecule has 1 atom stereocenters. The van der Waals surface area contributed by atoms with E-state index in [1.165, 1.54) is 4.90 Å². The maximum Gasteiger partial charge on any atom is 0.433 e. The number of hydrogen-bond acceptors (Lipinski definition) is 6. The van der Waals surface area contributed by atoms with E-state index in [0.717, 1.165) is 16.9 Å². The van der Waals surface area contributed by atoms with Gasteiger partial charge in [0.1, 0.15) is 18.2 Å². The number of anilines is 2. The Kier molecular flexibility index (Phi) is 3.56. The van der Waals surface area contributed by atoms with Gasteiger partial charge in [0.05, 0.1) is 11.9 Å². The summed E-state index contributed by atoms with van der Waals surface area (Å²) in [4.78, 5) is 21.3. The molecule has 3 aromatic rings. The highest BCUT2D eigenvalue weighted by Gasteiger charge is 2.36. The van der Waals surface area contributed by atoms with Crippen LogP contribution in [0.15, 0.2) is 24.8 Å². The first-order chi connectivity index (χ1) is 12.3. The fourth-order valence-corrected chi connectivity index (χ4v) is 2.86. The van der Waals surface area contributed by atoms with E-state index < -0.39 is 17.9 Å². The largest absolute Gasteiger partial charge is 0.433 e. The van der Waals surface area contributed by atoms with Crippen molar-refractivity contribution in [3.63, 3.8) is 0 Å². The molecule has 1 aliphatic heterocycles. The second-order valence-corrected chi connectivity index (χ2v) is 5.84. The molecule has 12 heteroatoms. The van der Waals surface area contributed by atoms with E-state index in [-0.39, 0.29) is 17.5 Å². The molecule has 4 heterocycles. The number of alkyl halides is 3. The van der Waals surface area contributed by atoms with Gasteiger partial charge < -0.3 is 10.2 Å². The average Bonchev–Trinajstić information content (AvgIpc) is 3.28. The first kappa shape index (κ1) is 16.3. The zero-order valence-corrected chi connectivity index (χ0v) is 13.5. The number of aromatic nitrogens is 6. The summed E-state index contributed by atoms with van der Waals surface area (Å²) in [7, 11) is 1.73. The molecule has 0 aromatic carbocycles. The van der Waals surface area contributed by atoms with Gasteiger partial charge in [-0.05, 0) is 6.42 Å². The molecular weight excluding hydrogens is 353 g/mol. The molecule has 1 saturated heterocycles. The van der Waals surface area contributed by atoms with E-state index >= 15 is 0 Å². The molecular formula is C14H13F3N8O. The molecule has 1 fully saturated rings. The number of halogens is 3. The fraction of sp³-hybridized carbons (Fsp3) is 0.357. The van der Waals surface area contributed by atoms with Crippen molar-refractivity contribution < 1.29 is 18.0 Å². The van der Waals surface area contributed by atoms with Crippen LogP contribution in [0.4, 0.5) is 24.7 Å². The molecule has 26 heavy (non-hydrogen) atoms. The molecule has 0 aliphatic carbocycles. The summed E-state index contributed by atoms with van der Waals surface area (Å²) in [6.45, 7) is 0.430. The molecule has 9 nitrogen and oxygen atoms in total. The van der Waals surface area contributed by atoms with Gasteiger partial charge in [-0.15, -0.1) is 0 Å². The Labute approximate surface area is 144 Å². The lowest BCUT2D eigenvalue weighted by molar-refractivity contribution is -0.141. The Morgan fingerprint density at radius 2 is 2.12 bits per heavy atom. The van der Waals surface area contributed by atoms with Gasteiger partial charge >= 0.3 is 6.18 Å². The average molecular weight is 366 g/mol. The monoisotopic (exact) mass is 366 g/mol. The highest BCUT2D eigenvalue weighted by Crippen LogP contribution is 2.30. The Bertz CT molecular complexity index is 978. The van der Waals surface area contributed by atoms with Crippen molar-refractivity contribution in [3.05, 3.63) is 30.5 Å². The topological polar surface area (TPSA) is 93.2 Å². The van der Waals surface area contributed by atoms with Gasteiger partial charge in [-0.25, -0.2) is 4.98 Å². The number of nitrogens with one attached hydrogen (secondary N) is 1. The predicted octanol–water partition coefficient (Wildman–Crippen LogP) is 1.09. The minimum atomic E-state index is -4.63. The van der Waals surface area contributed by atoms with Gasteiger partial charge in [-0.1, -0.05) is 0 Å². The number of fused-ring (bicyclic) bond motifs is 1. The molecule has 0 bridgehead atoms. The van der Waals surface area contributed by atoms with Crippen LogP contribution in [-0.2, 0) is 18.0 Å². The normalized spacial score (nSPS) is 18.1. The van der Waals surface area contributed by atoms with E-state index in [9.17, 15) is 18.0 Å². The van der Waals surface area contributed by atoms with Crippen molar-refractivity contribution in [1.29, 1.82) is 0 Å². The zero-order chi connectivity index (χ0) is 18.5. The third-order valence-corrected chi connectivity index (χ3v) is 4.07. The van der Waals surface area contributed by atoms with Crippen LogP contribution in [0.3, 0.4) is 0 Å². The van der Waals surface area contributed by atoms with Crippen LogP contribution < -0.4 is 10.2 Å². The lowest BCUT2D eigenvalue weighted by Gasteiger charge is -2.17. The Morgan fingerprint density at radius 3 is 2.81 bits per heavy atom. The standard InChI is InChI=1S/C14H13F3N8O/c1-23-6-8(5-19-23)24-3-2-9(12(24)26)21-11-4-10(14(15,16)17)22-13-18-7-20-25(11)13/h4-7,9,21H,2-3H2,1H3. The van der Waals surface area contributed by atoms with Crippen LogP contribution in [0.25, 0.3) is 5.78 Å². The minimum Gasteiger partial charge on any atom is -0.358 e. The van der Waals surface area contributed by atoms with Crippen LogP contribution in [0, 0.1) is 0 Å². The van der Waals surface area contributed by atoms with E-state index in [1.54, 1.807) is 24.1 Å². The molecule has 1 amide bonds. The molecule has 1 unspecified atom stereocenters. The second kappa shape index (κ2) is 5.68. The van der Waals surface area contributed by atoms with Crippen molar-refractivity contribution >= 4 is 23.2 Å². The van der Waals surface area contributed by atoms with Crippen LogP contribution in [0.5, 0.6) is 0 Å². The molecule has 4 rings (SSSR count). The lowest BCUT2D eigenvalue weighted by atomic mass is 10.2. The van der Waals surface area contributed by atoms with Gasteiger partial charge in [0.15, 0.2) is 5.69 Å². The van der Waals surface area contributed by atoms with E-state index in [1.807, 2.05) is 0 Å². The van der Waals surface area contributed by atoms with Gasteiger partial charge in [0.25, 0.3) is 5.78 Å². The minimum absolute atomic E-state index is 0.00575.